The molecule has 0 bridgehead atoms. The molecule has 0 radical (unpaired) electrons. The molecule has 0 spiro atoms. The van der Waals surface area contributed by atoms with Gasteiger partial charge in [0.25, 0.3) is 0 Å². The second kappa shape index (κ2) is 7.60. The van der Waals surface area contributed by atoms with Crippen LogP contribution < -0.4 is 5.73 Å². The second-order valence-corrected chi connectivity index (χ2v) is 3.53. The van der Waals surface area contributed by atoms with Crippen molar-refractivity contribution < 1.29 is 14.3 Å². The third-order valence-electron chi connectivity index (χ3n) is 2.06. The van der Waals surface area contributed by atoms with Crippen molar-refractivity contribution in [3.05, 3.63) is 48.6 Å². The summed E-state index contributed by atoms with van der Waals surface area (Å²) in [4.78, 5) is 11.3. The van der Waals surface area contributed by atoms with Gasteiger partial charge in [-0.25, -0.2) is 0 Å². The van der Waals surface area contributed by atoms with Gasteiger partial charge in [-0.1, -0.05) is 43.0 Å². The van der Waals surface area contributed by atoms with Crippen LogP contribution in [0.4, 0.5) is 0 Å². The molecule has 0 fully saturated rings. The van der Waals surface area contributed by atoms with Crippen molar-refractivity contribution in [2.75, 3.05) is 13.2 Å². The fourth-order valence-electron chi connectivity index (χ4n) is 1.19. The Labute approximate surface area is 101 Å². The summed E-state index contributed by atoms with van der Waals surface area (Å²) in [6.07, 6.45) is 1.50. The van der Waals surface area contributed by atoms with Gasteiger partial charge in [0.1, 0.15) is 12.6 Å². The Morgan fingerprint density at radius 1 is 1.41 bits per heavy atom. The molecule has 0 aliphatic heterocycles. The molecule has 0 heterocycles. The number of benzene rings is 1. The van der Waals surface area contributed by atoms with Crippen LogP contribution in [0.3, 0.4) is 0 Å². The van der Waals surface area contributed by atoms with Gasteiger partial charge in [-0.15, -0.1) is 0 Å². The fourth-order valence-corrected chi connectivity index (χ4v) is 1.19. The standard InChI is InChI=1S/C13H17NO3/c1-2-8-17-13(15)12(14)10-16-9-11-6-4-3-5-7-11/h2-7,12H,1,8-10,14H2/t12-/m1/s1. The minimum Gasteiger partial charge on any atom is -0.460 e. The summed E-state index contributed by atoms with van der Waals surface area (Å²) in [6.45, 7) is 4.19. The van der Waals surface area contributed by atoms with Crippen molar-refractivity contribution >= 4 is 5.97 Å². The highest BCUT2D eigenvalue weighted by atomic mass is 16.5. The zero-order chi connectivity index (χ0) is 12.5. The minimum absolute atomic E-state index is 0.144. The zero-order valence-electron chi connectivity index (χ0n) is 9.67. The van der Waals surface area contributed by atoms with Crippen molar-refractivity contribution in [1.29, 1.82) is 0 Å². The van der Waals surface area contributed by atoms with E-state index in [9.17, 15) is 4.79 Å². The molecular formula is C13H17NO3. The molecule has 1 atom stereocenters. The maximum Gasteiger partial charge on any atom is 0.325 e. The Kier molecular flexibility index (Phi) is 5.99. The Morgan fingerprint density at radius 3 is 2.76 bits per heavy atom. The first kappa shape index (κ1) is 13.4. The van der Waals surface area contributed by atoms with Gasteiger partial charge < -0.3 is 15.2 Å². The molecule has 0 aliphatic carbocycles. The highest BCUT2D eigenvalue weighted by Crippen LogP contribution is 2.00. The highest BCUT2D eigenvalue weighted by molar-refractivity contribution is 5.75. The molecule has 17 heavy (non-hydrogen) atoms. The van der Waals surface area contributed by atoms with Crippen molar-refractivity contribution in [3.63, 3.8) is 0 Å². The van der Waals surface area contributed by atoms with Crippen LogP contribution in [0.5, 0.6) is 0 Å². The Balaban J connectivity index is 2.22. The largest absolute Gasteiger partial charge is 0.460 e. The molecule has 0 saturated carbocycles. The SMILES string of the molecule is C=CCOC(=O)[C@H](N)COCc1ccccc1. The Morgan fingerprint density at radius 2 is 2.12 bits per heavy atom. The number of esters is 1. The summed E-state index contributed by atoms with van der Waals surface area (Å²) in [5.41, 5.74) is 6.63. The van der Waals surface area contributed by atoms with E-state index < -0.39 is 12.0 Å². The maximum absolute atomic E-state index is 11.3. The molecule has 0 amide bonds. The van der Waals surface area contributed by atoms with Crippen LogP contribution in [-0.4, -0.2) is 25.2 Å². The predicted molar refractivity (Wildman–Crippen MR) is 65.2 cm³/mol. The van der Waals surface area contributed by atoms with Crippen molar-refractivity contribution in [3.8, 4) is 0 Å². The van der Waals surface area contributed by atoms with Crippen LogP contribution in [0, 0.1) is 0 Å². The molecule has 1 aromatic carbocycles. The molecule has 0 unspecified atom stereocenters. The van der Waals surface area contributed by atoms with E-state index in [0.717, 1.165) is 5.56 Å². The van der Waals surface area contributed by atoms with Gasteiger partial charge in [-0.3, -0.25) is 4.79 Å². The van der Waals surface area contributed by atoms with Crippen LogP contribution >= 0.6 is 0 Å². The van der Waals surface area contributed by atoms with Crippen LogP contribution in [0.25, 0.3) is 0 Å². The second-order valence-electron chi connectivity index (χ2n) is 3.53. The van der Waals surface area contributed by atoms with Gasteiger partial charge in [-0.2, -0.15) is 0 Å². The lowest BCUT2D eigenvalue weighted by Crippen LogP contribution is -2.36. The molecule has 2 N–H and O–H groups in total. The van der Waals surface area contributed by atoms with E-state index in [0.29, 0.717) is 6.61 Å². The monoisotopic (exact) mass is 235 g/mol. The van der Waals surface area contributed by atoms with Gasteiger partial charge in [0.2, 0.25) is 0 Å². The summed E-state index contributed by atoms with van der Waals surface area (Å²) >= 11 is 0. The van der Waals surface area contributed by atoms with E-state index in [-0.39, 0.29) is 13.2 Å². The maximum atomic E-state index is 11.3. The van der Waals surface area contributed by atoms with Crippen LogP contribution in [-0.2, 0) is 20.9 Å². The molecular weight excluding hydrogens is 218 g/mol. The van der Waals surface area contributed by atoms with Gasteiger partial charge >= 0.3 is 5.97 Å². The lowest BCUT2D eigenvalue weighted by atomic mass is 10.2. The van der Waals surface area contributed by atoms with Gasteiger partial charge in [-0.05, 0) is 5.56 Å². The first-order chi connectivity index (χ1) is 8.24. The highest BCUT2D eigenvalue weighted by Gasteiger charge is 2.14. The zero-order valence-corrected chi connectivity index (χ0v) is 9.67. The van der Waals surface area contributed by atoms with E-state index >= 15 is 0 Å². The molecule has 1 rings (SSSR count). The van der Waals surface area contributed by atoms with Gasteiger partial charge in [0.15, 0.2) is 0 Å². The average molecular weight is 235 g/mol. The van der Waals surface area contributed by atoms with E-state index in [4.69, 9.17) is 15.2 Å². The first-order valence-electron chi connectivity index (χ1n) is 5.39. The number of hydrogen-bond donors (Lipinski definition) is 1. The number of nitrogens with two attached hydrogens (primary N) is 1. The van der Waals surface area contributed by atoms with Crippen molar-refractivity contribution in [2.24, 2.45) is 5.73 Å². The molecule has 1 aromatic rings. The normalized spacial score (nSPS) is 11.8. The minimum atomic E-state index is -0.751. The van der Waals surface area contributed by atoms with Gasteiger partial charge in [0, 0.05) is 0 Å². The van der Waals surface area contributed by atoms with Crippen LogP contribution in [0.1, 0.15) is 5.56 Å². The van der Waals surface area contributed by atoms with E-state index in [1.807, 2.05) is 30.3 Å². The summed E-state index contributed by atoms with van der Waals surface area (Å²) in [7, 11) is 0. The summed E-state index contributed by atoms with van der Waals surface area (Å²) < 4.78 is 10.1. The first-order valence-corrected chi connectivity index (χ1v) is 5.39. The third kappa shape index (κ3) is 5.29. The average Bonchev–Trinajstić information content (AvgIpc) is 2.37. The van der Waals surface area contributed by atoms with Crippen LogP contribution in [0.2, 0.25) is 0 Å². The molecule has 0 saturated heterocycles. The Hall–Kier alpha value is -1.65. The predicted octanol–water partition coefficient (Wildman–Crippen LogP) is 1.26. The van der Waals surface area contributed by atoms with E-state index in [2.05, 4.69) is 6.58 Å². The molecule has 4 heteroatoms. The van der Waals surface area contributed by atoms with Crippen LogP contribution in [0.15, 0.2) is 43.0 Å². The lowest BCUT2D eigenvalue weighted by molar-refractivity contribution is -0.145. The molecule has 92 valence electrons. The number of rotatable bonds is 7. The summed E-state index contributed by atoms with van der Waals surface area (Å²) in [6, 6.07) is 8.93. The molecule has 0 aromatic heterocycles. The lowest BCUT2D eigenvalue weighted by Gasteiger charge is -2.11. The number of hydrogen-bond acceptors (Lipinski definition) is 4. The molecule has 0 aliphatic rings. The third-order valence-corrected chi connectivity index (χ3v) is 2.06. The summed E-state index contributed by atoms with van der Waals surface area (Å²) in [5.74, 6) is -0.474. The fraction of sp³-hybridized carbons (Fsp3) is 0.308. The van der Waals surface area contributed by atoms with E-state index in [1.165, 1.54) is 6.08 Å². The van der Waals surface area contributed by atoms with Crippen molar-refractivity contribution in [1.82, 2.24) is 0 Å². The smallest absolute Gasteiger partial charge is 0.325 e. The van der Waals surface area contributed by atoms with Gasteiger partial charge in [0.05, 0.1) is 13.2 Å². The number of carbonyl (C=O) groups is 1. The topological polar surface area (TPSA) is 61.5 Å². The summed E-state index contributed by atoms with van der Waals surface area (Å²) in [5, 5.41) is 0. The Bertz CT molecular complexity index is 351. The number of carbonyl (C=O) groups excluding carboxylic acids is 1. The van der Waals surface area contributed by atoms with Crippen molar-refractivity contribution in [2.45, 2.75) is 12.6 Å². The quantitative estimate of drug-likeness (QED) is 0.571. The molecule has 4 nitrogen and oxygen atoms in total. The number of ether oxygens (including phenoxy) is 2. The van der Waals surface area contributed by atoms with E-state index in [1.54, 1.807) is 0 Å².